The highest BCUT2D eigenvalue weighted by atomic mass is 32.1. The molecule has 0 aliphatic heterocycles. The van der Waals surface area contributed by atoms with Crippen molar-refractivity contribution >= 4 is 60.1 Å². The quantitative estimate of drug-likeness (QED) is 0.156. The minimum Gasteiger partial charge on any atom is -0.292 e. The van der Waals surface area contributed by atoms with Gasteiger partial charge in [0.05, 0.1) is 11.0 Å². The Morgan fingerprint density at radius 1 is 0.439 bits per heavy atom. The first-order valence-electron chi connectivity index (χ1n) is 22.8. The molecule has 2 nitrogen and oxygen atoms in total. The third-order valence-corrected chi connectivity index (χ3v) is 14.9. The molecule has 0 fully saturated rings. The summed E-state index contributed by atoms with van der Waals surface area (Å²) in [6.45, 7) is 0. The molecule has 2 heterocycles. The van der Waals surface area contributed by atoms with Gasteiger partial charge in [-0.2, -0.15) is 0 Å². The molecule has 0 saturated carbocycles. The molecule has 10 aromatic carbocycles. The molecule has 0 N–H and O–H groups in total. The van der Waals surface area contributed by atoms with Crippen molar-refractivity contribution in [2.75, 3.05) is 0 Å². The van der Waals surface area contributed by atoms with E-state index in [2.05, 4.69) is 241 Å². The van der Waals surface area contributed by atoms with Crippen LogP contribution >= 0.6 is 11.3 Å². The summed E-state index contributed by atoms with van der Waals surface area (Å²) in [6.07, 6.45) is 5.76. The molecule has 1 aliphatic carbocycles. The van der Waals surface area contributed by atoms with Crippen LogP contribution in [0, 0.1) is 0 Å². The van der Waals surface area contributed by atoms with E-state index >= 15 is 0 Å². The number of rotatable bonds is 7. The van der Waals surface area contributed by atoms with Gasteiger partial charge in [-0.15, -0.1) is 11.3 Å². The maximum absolute atomic E-state index is 5.18. The monoisotopic (exact) mass is 858 g/mol. The summed E-state index contributed by atoms with van der Waals surface area (Å²) in [4.78, 5) is 6.53. The fourth-order valence-corrected chi connectivity index (χ4v) is 11.5. The van der Waals surface area contributed by atoms with Crippen molar-refractivity contribution in [3.8, 4) is 61.6 Å². The van der Waals surface area contributed by atoms with E-state index in [1.807, 2.05) is 11.3 Å². The number of hydrogen-bond donors (Lipinski definition) is 0. The van der Waals surface area contributed by atoms with Gasteiger partial charge in [-0.25, -0.2) is 4.98 Å². The second-order valence-electron chi connectivity index (χ2n) is 17.4. The first-order chi connectivity index (χ1) is 32.7. The van der Waals surface area contributed by atoms with E-state index in [1.54, 1.807) is 0 Å². The molecular weight excluding hydrogens is 817 g/mol. The normalized spacial score (nSPS) is 13.5. The fraction of sp³-hybridized carbons (Fsp3) is 0.0317. The second kappa shape index (κ2) is 15.8. The zero-order chi connectivity index (χ0) is 43.6. The van der Waals surface area contributed by atoms with Gasteiger partial charge in [0.15, 0.2) is 0 Å². The summed E-state index contributed by atoms with van der Waals surface area (Å²) < 4.78 is 3.61. The van der Waals surface area contributed by atoms with Gasteiger partial charge in [-0.1, -0.05) is 194 Å². The zero-order valence-electron chi connectivity index (χ0n) is 36.1. The van der Waals surface area contributed by atoms with Crippen LogP contribution in [-0.4, -0.2) is 9.55 Å². The van der Waals surface area contributed by atoms with Gasteiger partial charge in [0.2, 0.25) is 0 Å². The molecule has 13 rings (SSSR count). The number of para-hydroxylation sites is 3. The van der Waals surface area contributed by atoms with Crippen LogP contribution in [0.4, 0.5) is 0 Å². The topological polar surface area (TPSA) is 17.8 Å². The largest absolute Gasteiger partial charge is 0.292 e. The van der Waals surface area contributed by atoms with E-state index in [1.165, 1.54) is 92.1 Å². The van der Waals surface area contributed by atoms with Gasteiger partial charge in [0, 0.05) is 32.3 Å². The minimum absolute atomic E-state index is 0.284. The highest BCUT2D eigenvalue weighted by molar-refractivity contribution is 7.20. The fourth-order valence-electron chi connectivity index (χ4n) is 10.3. The number of thiophene rings is 1. The maximum Gasteiger partial charge on any atom is 0.145 e. The van der Waals surface area contributed by atoms with Crippen LogP contribution in [0.3, 0.4) is 0 Å². The Kier molecular flexibility index (Phi) is 9.21. The Labute approximate surface area is 388 Å². The average Bonchev–Trinajstić information content (AvgIpc) is 3.97. The van der Waals surface area contributed by atoms with Crippen LogP contribution in [0.15, 0.2) is 231 Å². The van der Waals surface area contributed by atoms with Crippen LogP contribution in [0.5, 0.6) is 0 Å². The lowest BCUT2D eigenvalue weighted by Crippen LogP contribution is -2.04. The van der Waals surface area contributed by atoms with E-state index in [9.17, 15) is 0 Å². The summed E-state index contributed by atoms with van der Waals surface area (Å²) in [7, 11) is 0. The van der Waals surface area contributed by atoms with Crippen molar-refractivity contribution in [1.82, 2.24) is 9.55 Å². The Morgan fingerprint density at radius 3 is 1.70 bits per heavy atom. The molecule has 1 aliphatic rings. The molecule has 310 valence electrons. The van der Waals surface area contributed by atoms with Crippen LogP contribution in [0.25, 0.3) is 110 Å². The van der Waals surface area contributed by atoms with Crippen LogP contribution in [-0.2, 0) is 6.42 Å². The van der Waals surface area contributed by atoms with Gasteiger partial charge in [0.25, 0.3) is 0 Å². The molecule has 0 radical (unpaired) electrons. The van der Waals surface area contributed by atoms with Crippen molar-refractivity contribution in [2.45, 2.75) is 12.3 Å². The Bertz CT molecular complexity index is 3810. The summed E-state index contributed by atoms with van der Waals surface area (Å²) in [5.41, 5.74) is 16.9. The van der Waals surface area contributed by atoms with Crippen molar-refractivity contribution < 1.29 is 0 Å². The Balaban J connectivity index is 0.903. The van der Waals surface area contributed by atoms with E-state index in [-0.39, 0.29) is 5.92 Å². The van der Waals surface area contributed by atoms with Crippen molar-refractivity contribution in [3.63, 3.8) is 0 Å². The van der Waals surface area contributed by atoms with Crippen molar-refractivity contribution in [1.29, 1.82) is 0 Å². The molecule has 0 spiro atoms. The first kappa shape index (κ1) is 38.4. The summed E-state index contributed by atoms with van der Waals surface area (Å²) >= 11 is 1.92. The molecule has 1 unspecified atom stereocenters. The molecule has 0 saturated heterocycles. The SMILES string of the molecule is C1=CC(c2ccc(-c3cccc4ccccc34)cc2)Cc2c1sc1c(-c3ccc(-c4nc5ccccc5n4-c4ccccc4)cc3)cc(-c3ccc(-c4cccc5ccccc45)cc3)cc21. The zero-order valence-corrected chi connectivity index (χ0v) is 36.9. The highest BCUT2D eigenvalue weighted by Crippen LogP contribution is 2.46. The number of aromatic nitrogens is 2. The lowest BCUT2D eigenvalue weighted by Gasteiger charge is -2.19. The van der Waals surface area contributed by atoms with Crippen molar-refractivity contribution in [3.05, 3.63) is 247 Å². The molecule has 12 aromatic rings. The third kappa shape index (κ3) is 6.59. The highest BCUT2D eigenvalue weighted by Gasteiger charge is 2.24. The lowest BCUT2D eigenvalue weighted by molar-refractivity contribution is 0.837. The summed E-state index contributed by atoms with van der Waals surface area (Å²) in [6, 6.07) is 81.9. The molecule has 1 atom stereocenters. The van der Waals surface area contributed by atoms with E-state index in [0.29, 0.717) is 0 Å². The number of fused-ring (bicyclic) bond motifs is 6. The molecule has 2 aromatic heterocycles. The number of benzene rings is 10. The number of hydrogen-bond acceptors (Lipinski definition) is 2. The first-order valence-corrected chi connectivity index (χ1v) is 23.6. The minimum atomic E-state index is 0.284. The van der Waals surface area contributed by atoms with Gasteiger partial charge in [-0.05, 0) is 126 Å². The van der Waals surface area contributed by atoms with Crippen molar-refractivity contribution in [2.24, 2.45) is 0 Å². The second-order valence-corrected chi connectivity index (χ2v) is 18.5. The van der Waals surface area contributed by atoms with E-state index < -0.39 is 0 Å². The van der Waals surface area contributed by atoms with Gasteiger partial charge in [0.1, 0.15) is 5.82 Å². The van der Waals surface area contributed by atoms with E-state index in [0.717, 1.165) is 34.5 Å². The maximum atomic E-state index is 5.18. The molecule has 66 heavy (non-hydrogen) atoms. The smallest absolute Gasteiger partial charge is 0.145 e. The standard InChI is InChI=1S/C63H42N2S/c1-2-16-51(17-3-1)65-60-23-9-8-22-59(60)64-63(65)48-34-32-47(33-35-48)56-39-50(42-26-30-46(31-27-42)55-21-11-15-44-13-5-7-19-53(44)55)40-58-57-38-49(36-37-61(57)66-62(56)58)41-24-28-45(29-25-41)54-20-10-14-43-12-4-6-18-52(43)54/h1-37,39-40,49H,38H2. The molecular formula is C63H42N2S. The predicted molar refractivity (Wildman–Crippen MR) is 281 cm³/mol. The van der Waals surface area contributed by atoms with Gasteiger partial charge in [-0.3, -0.25) is 4.57 Å². The lowest BCUT2D eigenvalue weighted by atomic mass is 9.85. The van der Waals surface area contributed by atoms with Gasteiger partial charge >= 0.3 is 0 Å². The number of allylic oxidation sites excluding steroid dienone is 1. The Morgan fingerprint density at radius 2 is 1.00 bits per heavy atom. The van der Waals surface area contributed by atoms with E-state index in [4.69, 9.17) is 4.98 Å². The predicted octanol–water partition coefficient (Wildman–Crippen LogP) is 17.2. The number of imidazole rings is 1. The third-order valence-electron chi connectivity index (χ3n) is 13.6. The molecule has 0 bridgehead atoms. The van der Waals surface area contributed by atoms with Crippen LogP contribution in [0.1, 0.15) is 21.9 Å². The van der Waals surface area contributed by atoms with Crippen LogP contribution in [0.2, 0.25) is 0 Å². The molecule has 3 heteroatoms. The van der Waals surface area contributed by atoms with Gasteiger partial charge < -0.3 is 0 Å². The van der Waals surface area contributed by atoms with Crippen LogP contribution < -0.4 is 0 Å². The summed E-state index contributed by atoms with van der Waals surface area (Å²) in [5.74, 6) is 1.22. The number of nitrogens with zero attached hydrogens (tertiary/aromatic N) is 2. The molecule has 0 amide bonds. The average molecular weight is 859 g/mol. The summed E-state index contributed by atoms with van der Waals surface area (Å²) in [5, 5.41) is 6.43. The Hall–Kier alpha value is -8.11.